The Bertz CT molecular complexity index is 165. The van der Waals surface area contributed by atoms with Crippen molar-refractivity contribution in [3.05, 3.63) is 0 Å². The van der Waals surface area contributed by atoms with E-state index >= 15 is 0 Å². The summed E-state index contributed by atoms with van der Waals surface area (Å²) in [6, 6.07) is 0. The van der Waals surface area contributed by atoms with Crippen LogP contribution in [0.5, 0.6) is 0 Å². The van der Waals surface area contributed by atoms with Crippen LogP contribution in [0, 0.1) is 0 Å². The first kappa shape index (κ1) is 17.5. The Balaban J connectivity index is 0. The summed E-state index contributed by atoms with van der Waals surface area (Å²) in [5.41, 5.74) is -0.413. The Morgan fingerprint density at radius 2 is 1.53 bits per heavy atom. The molecule has 0 aliphatic carbocycles. The van der Waals surface area contributed by atoms with E-state index in [9.17, 15) is 4.57 Å². The van der Waals surface area contributed by atoms with Gasteiger partial charge >= 0.3 is 7.60 Å². The van der Waals surface area contributed by atoms with Gasteiger partial charge in [-0.25, -0.2) is 0 Å². The van der Waals surface area contributed by atoms with Crippen molar-refractivity contribution < 1.29 is 14.4 Å². The predicted octanol–water partition coefficient (Wildman–Crippen LogP) is 3.94. The van der Waals surface area contributed by atoms with Crippen LogP contribution in [0.1, 0.15) is 66.2 Å². The normalized spacial score (nSPS) is 12.9. The molecular formula is C11H27O3P. The van der Waals surface area contributed by atoms with Gasteiger partial charge in [-0.1, -0.05) is 53.4 Å². The lowest BCUT2D eigenvalue weighted by Gasteiger charge is -2.15. The first-order valence-electron chi connectivity index (χ1n) is 5.99. The molecule has 0 aliphatic heterocycles. The molecule has 0 rings (SSSR count). The van der Waals surface area contributed by atoms with Crippen molar-refractivity contribution in [3.63, 3.8) is 0 Å². The maximum atomic E-state index is 10.9. The number of hydrogen-bond donors (Lipinski definition) is 2. The molecule has 0 saturated heterocycles. The predicted molar refractivity (Wildman–Crippen MR) is 66.2 cm³/mol. The minimum absolute atomic E-state index is 0.413. The molecule has 3 nitrogen and oxygen atoms in total. The first-order chi connectivity index (χ1) is 6.93. The van der Waals surface area contributed by atoms with Crippen LogP contribution >= 0.6 is 7.60 Å². The highest BCUT2D eigenvalue weighted by Crippen LogP contribution is 2.45. The number of unbranched alkanes of at least 4 members (excludes halogenated alkanes) is 2. The zero-order chi connectivity index (χ0) is 12.3. The third-order valence-corrected chi connectivity index (χ3v) is 3.66. The van der Waals surface area contributed by atoms with Gasteiger partial charge in [-0.05, 0) is 12.8 Å². The Hall–Kier alpha value is 0.150. The summed E-state index contributed by atoms with van der Waals surface area (Å²) in [6.45, 7) is 8.16. The lowest BCUT2D eigenvalue weighted by Crippen LogP contribution is -2.06. The molecule has 4 heteroatoms. The van der Waals surface area contributed by atoms with Gasteiger partial charge in [-0.2, -0.15) is 0 Å². The Morgan fingerprint density at radius 3 is 1.80 bits per heavy atom. The molecule has 0 aromatic carbocycles. The maximum absolute atomic E-state index is 10.9. The Morgan fingerprint density at radius 1 is 1.07 bits per heavy atom. The molecule has 1 atom stereocenters. The molecule has 15 heavy (non-hydrogen) atoms. The summed E-state index contributed by atoms with van der Waals surface area (Å²) in [6.07, 6.45) is 5.58. The van der Waals surface area contributed by atoms with Gasteiger partial charge in [0.25, 0.3) is 0 Å². The molecule has 0 heterocycles. The minimum Gasteiger partial charge on any atom is -0.324 e. The summed E-state index contributed by atoms with van der Waals surface area (Å²) in [7, 11) is -3.82. The van der Waals surface area contributed by atoms with E-state index in [1.165, 1.54) is 6.42 Å². The average Bonchev–Trinajstić information content (AvgIpc) is 2.12. The smallest absolute Gasteiger partial charge is 0.324 e. The van der Waals surface area contributed by atoms with Crippen LogP contribution < -0.4 is 0 Å². The summed E-state index contributed by atoms with van der Waals surface area (Å²) >= 11 is 0. The highest BCUT2D eigenvalue weighted by molar-refractivity contribution is 7.52. The minimum atomic E-state index is -3.82. The van der Waals surface area contributed by atoms with Gasteiger partial charge in [0, 0.05) is 0 Å². The van der Waals surface area contributed by atoms with E-state index in [0.29, 0.717) is 12.8 Å². The highest BCUT2D eigenvalue weighted by Gasteiger charge is 2.25. The van der Waals surface area contributed by atoms with Gasteiger partial charge in [0.1, 0.15) is 0 Å². The third kappa shape index (κ3) is 12.1. The Labute approximate surface area is 94.4 Å². The maximum Gasteiger partial charge on any atom is 0.328 e. The molecule has 0 bridgehead atoms. The van der Waals surface area contributed by atoms with E-state index in [-0.39, 0.29) is 0 Å². The standard InChI is InChI=1S/C8H19O3P.C3H8/c1-3-5-6-7-8(4-2)12(9,10)11;1-3-2/h8H,3-7H2,1-2H3,(H2,9,10,11);3H2,1-2H3. The van der Waals surface area contributed by atoms with Gasteiger partial charge < -0.3 is 9.79 Å². The fourth-order valence-corrected chi connectivity index (χ4v) is 2.23. The molecule has 0 amide bonds. The van der Waals surface area contributed by atoms with Crippen molar-refractivity contribution in [3.8, 4) is 0 Å². The molecule has 0 aliphatic rings. The summed E-state index contributed by atoms with van der Waals surface area (Å²) in [5, 5.41) is 0. The Kier molecular flexibility index (Phi) is 12.5. The van der Waals surface area contributed by atoms with Crippen LogP contribution in [0.3, 0.4) is 0 Å². The second-order valence-corrected chi connectivity index (χ2v) is 5.76. The van der Waals surface area contributed by atoms with E-state index in [4.69, 9.17) is 9.79 Å². The number of rotatable bonds is 6. The molecule has 0 aromatic rings. The fourth-order valence-electron chi connectivity index (χ4n) is 1.24. The van der Waals surface area contributed by atoms with Crippen LogP contribution in [0.25, 0.3) is 0 Å². The van der Waals surface area contributed by atoms with E-state index in [0.717, 1.165) is 19.3 Å². The van der Waals surface area contributed by atoms with Crippen molar-refractivity contribution in [2.75, 3.05) is 0 Å². The van der Waals surface area contributed by atoms with Crippen LogP contribution in [-0.2, 0) is 4.57 Å². The van der Waals surface area contributed by atoms with E-state index < -0.39 is 13.3 Å². The van der Waals surface area contributed by atoms with Gasteiger partial charge in [-0.15, -0.1) is 0 Å². The second-order valence-electron chi connectivity index (χ2n) is 3.85. The SMILES string of the molecule is CCC.CCCCCC(CC)P(=O)(O)O. The number of hydrogen-bond acceptors (Lipinski definition) is 1. The fraction of sp³-hybridized carbons (Fsp3) is 1.00. The molecule has 1 unspecified atom stereocenters. The van der Waals surface area contributed by atoms with Gasteiger partial charge in [-0.3, -0.25) is 4.57 Å². The van der Waals surface area contributed by atoms with Gasteiger partial charge in [0.05, 0.1) is 5.66 Å². The molecule has 0 fully saturated rings. The largest absolute Gasteiger partial charge is 0.328 e. The molecule has 2 N–H and O–H groups in total. The molecule has 0 saturated carbocycles. The molecule has 0 radical (unpaired) electrons. The molecule has 0 spiro atoms. The zero-order valence-corrected chi connectivity index (χ0v) is 11.5. The van der Waals surface area contributed by atoms with Gasteiger partial charge in [0.2, 0.25) is 0 Å². The molecule has 94 valence electrons. The third-order valence-electron chi connectivity index (χ3n) is 2.09. The summed E-state index contributed by atoms with van der Waals surface area (Å²) < 4.78 is 10.9. The van der Waals surface area contributed by atoms with Crippen LogP contribution in [-0.4, -0.2) is 15.4 Å². The zero-order valence-electron chi connectivity index (χ0n) is 10.6. The van der Waals surface area contributed by atoms with Gasteiger partial charge in [0.15, 0.2) is 0 Å². The second kappa shape index (κ2) is 10.7. The topological polar surface area (TPSA) is 57.5 Å². The monoisotopic (exact) mass is 238 g/mol. The van der Waals surface area contributed by atoms with Crippen molar-refractivity contribution >= 4 is 7.60 Å². The molecular weight excluding hydrogens is 211 g/mol. The molecule has 0 aromatic heterocycles. The van der Waals surface area contributed by atoms with E-state index in [1.807, 2.05) is 6.92 Å². The average molecular weight is 238 g/mol. The quantitative estimate of drug-likeness (QED) is 0.544. The van der Waals surface area contributed by atoms with Crippen LogP contribution in [0.15, 0.2) is 0 Å². The van der Waals surface area contributed by atoms with Crippen molar-refractivity contribution in [1.82, 2.24) is 0 Å². The van der Waals surface area contributed by atoms with Crippen LogP contribution in [0.2, 0.25) is 0 Å². The lowest BCUT2D eigenvalue weighted by atomic mass is 10.1. The van der Waals surface area contributed by atoms with Crippen LogP contribution in [0.4, 0.5) is 0 Å². The summed E-state index contributed by atoms with van der Waals surface area (Å²) in [4.78, 5) is 17.8. The summed E-state index contributed by atoms with van der Waals surface area (Å²) in [5.74, 6) is 0. The van der Waals surface area contributed by atoms with Crippen molar-refractivity contribution in [1.29, 1.82) is 0 Å². The van der Waals surface area contributed by atoms with E-state index in [1.54, 1.807) is 0 Å². The first-order valence-corrected chi connectivity index (χ1v) is 7.67. The van der Waals surface area contributed by atoms with Crippen molar-refractivity contribution in [2.45, 2.75) is 71.9 Å². The van der Waals surface area contributed by atoms with E-state index in [2.05, 4.69) is 20.8 Å². The highest BCUT2D eigenvalue weighted by atomic mass is 31.2. The van der Waals surface area contributed by atoms with Crippen molar-refractivity contribution in [2.24, 2.45) is 0 Å². The lowest BCUT2D eigenvalue weighted by molar-refractivity contribution is 0.350.